The summed E-state index contributed by atoms with van der Waals surface area (Å²) in [4.78, 5) is 2.63. The van der Waals surface area contributed by atoms with E-state index < -0.39 is 0 Å². The normalized spacial score (nSPS) is 21.2. The van der Waals surface area contributed by atoms with E-state index in [1.54, 1.807) is 0 Å². The molecule has 1 heterocycles. The Morgan fingerprint density at radius 3 is 2.38 bits per heavy atom. The molecule has 3 nitrogen and oxygen atoms in total. The van der Waals surface area contributed by atoms with Crippen LogP contribution in [0.3, 0.4) is 0 Å². The fourth-order valence-electron chi connectivity index (χ4n) is 3.09. The maximum Gasteiger partial charge on any atom is 0.0648 e. The molecule has 0 N–H and O–H groups in total. The van der Waals surface area contributed by atoms with Crippen LogP contribution in [0.15, 0.2) is 12.7 Å². The Morgan fingerprint density at radius 2 is 1.90 bits per heavy atom. The van der Waals surface area contributed by atoms with Gasteiger partial charge < -0.3 is 9.47 Å². The Hall–Kier alpha value is -0.380. The van der Waals surface area contributed by atoms with Crippen molar-refractivity contribution in [3.8, 4) is 0 Å². The fraction of sp³-hybridized carbons (Fsp3) is 0.889. The topological polar surface area (TPSA) is 21.7 Å². The molecule has 1 aliphatic rings. The SMILES string of the molecule is C=CCOC1CCN(C(CC)[C@@H](C)COC(C)(C)C)CC1. The summed E-state index contributed by atoms with van der Waals surface area (Å²) in [5.74, 6) is 0.569. The van der Waals surface area contributed by atoms with Gasteiger partial charge in [-0.05, 0) is 46.0 Å². The van der Waals surface area contributed by atoms with Crippen LogP contribution in [0.4, 0.5) is 0 Å². The zero-order valence-electron chi connectivity index (χ0n) is 14.7. The molecule has 2 atom stereocenters. The van der Waals surface area contributed by atoms with E-state index in [1.165, 1.54) is 6.42 Å². The van der Waals surface area contributed by atoms with E-state index in [9.17, 15) is 0 Å². The second-order valence-corrected chi connectivity index (χ2v) is 7.23. The lowest BCUT2D eigenvalue weighted by Crippen LogP contribution is -2.47. The molecule has 21 heavy (non-hydrogen) atoms. The Labute approximate surface area is 131 Å². The van der Waals surface area contributed by atoms with Gasteiger partial charge in [0.25, 0.3) is 0 Å². The van der Waals surface area contributed by atoms with Gasteiger partial charge in [-0.25, -0.2) is 0 Å². The maximum absolute atomic E-state index is 5.98. The minimum atomic E-state index is -0.0436. The lowest BCUT2D eigenvalue weighted by Gasteiger charge is -2.40. The number of rotatable bonds is 8. The van der Waals surface area contributed by atoms with Crippen LogP contribution in [0.25, 0.3) is 0 Å². The van der Waals surface area contributed by atoms with Crippen molar-refractivity contribution < 1.29 is 9.47 Å². The number of hydrogen-bond acceptors (Lipinski definition) is 3. The molecule has 0 radical (unpaired) electrons. The first kappa shape index (κ1) is 18.7. The summed E-state index contributed by atoms with van der Waals surface area (Å²) in [5, 5.41) is 0. The first-order valence-electron chi connectivity index (χ1n) is 8.48. The molecular weight excluding hydrogens is 262 g/mol. The van der Waals surface area contributed by atoms with E-state index in [2.05, 4.69) is 46.1 Å². The highest BCUT2D eigenvalue weighted by Crippen LogP contribution is 2.23. The Bertz CT molecular complexity index is 290. The maximum atomic E-state index is 5.98. The first-order chi connectivity index (χ1) is 9.87. The van der Waals surface area contributed by atoms with Gasteiger partial charge in [0.1, 0.15) is 0 Å². The van der Waals surface area contributed by atoms with Crippen LogP contribution in [0, 0.1) is 5.92 Å². The summed E-state index contributed by atoms with van der Waals surface area (Å²) >= 11 is 0. The predicted molar refractivity (Wildman–Crippen MR) is 89.7 cm³/mol. The van der Waals surface area contributed by atoms with Crippen LogP contribution in [0.1, 0.15) is 53.9 Å². The zero-order valence-corrected chi connectivity index (χ0v) is 14.7. The summed E-state index contributed by atoms with van der Waals surface area (Å²) in [6, 6.07) is 0.618. The number of nitrogens with zero attached hydrogens (tertiary/aromatic N) is 1. The summed E-state index contributed by atoms with van der Waals surface area (Å²) in [7, 11) is 0. The van der Waals surface area contributed by atoms with Crippen LogP contribution < -0.4 is 0 Å². The largest absolute Gasteiger partial charge is 0.376 e. The van der Waals surface area contributed by atoms with Gasteiger partial charge in [-0.2, -0.15) is 0 Å². The van der Waals surface area contributed by atoms with Gasteiger partial charge in [0.2, 0.25) is 0 Å². The quantitative estimate of drug-likeness (QED) is 0.635. The molecule has 0 aromatic carbocycles. The average Bonchev–Trinajstić information content (AvgIpc) is 2.44. The molecule has 0 saturated carbocycles. The van der Waals surface area contributed by atoms with E-state index in [-0.39, 0.29) is 5.60 Å². The van der Waals surface area contributed by atoms with Crippen molar-refractivity contribution in [3.63, 3.8) is 0 Å². The standard InChI is InChI=1S/C18H35NO2/c1-7-13-20-16-9-11-19(12-10-16)17(8-2)15(3)14-21-18(4,5)6/h7,15-17H,1,8-14H2,2-6H3/t15-,17?/m0/s1. The Kier molecular flexibility index (Phi) is 7.93. The minimum Gasteiger partial charge on any atom is -0.376 e. The monoisotopic (exact) mass is 297 g/mol. The third-order valence-electron chi connectivity index (χ3n) is 4.25. The smallest absolute Gasteiger partial charge is 0.0648 e. The van der Waals surface area contributed by atoms with Gasteiger partial charge in [0, 0.05) is 19.1 Å². The van der Waals surface area contributed by atoms with Crippen molar-refractivity contribution in [1.29, 1.82) is 0 Å². The van der Waals surface area contributed by atoms with Crippen molar-refractivity contribution in [2.75, 3.05) is 26.3 Å². The number of hydrogen-bond donors (Lipinski definition) is 0. The average molecular weight is 297 g/mol. The van der Waals surface area contributed by atoms with E-state index in [1.807, 2.05) is 6.08 Å². The van der Waals surface area contributed by atoms with Crippen molar-refractivity contribution in [1.82, 2.24) is 4.90 Å². The number of likely N-dealkylation sites (tertiary alicyclic amines) is 1. The Balaban J connectivity index is 2.41. The summed E-state index contributed by atoms with van der Waals surface area (Å²) < 4.78 is 11.8. The molecule has 0 spiro atoms. The molecule has 124 valence electrons. The van der Waals surface area contributed by atoms with Gasteiger partial charge in [0.15, 0.2) is 0 Å². The second-order valence-electron chi connectivity index (χ2n) is 7.23. The summed E-state index contributed by atoms with van der Waals surface area (Å²) in [6.07, 6.45) is 5.71. The van der Waals surface area contributed by atoms with Crippen molar-refractivity contribution >= 4 is 0 Å². The van der Waals surface area contributed by atoms with Gasteiger partial charge in [-0.15, -0.1) is 6.58 Å². The molecule has 3 heteroatoms. The van der Waals surface area contributed by atoms with Gasteiger partial charge in [-0.3, -0.25) is 4.90 Å². The molecule has 1 rings (SSSR count). The molecule has 1 fully saturated rings. The van der Waals surface area contributed by atoms with Crippen LogP contribution >= 0.6 is 0 Å². The molecule has 0 bridgehead atoms. The van der Waals surface area contributed by atoms with E-state index in [0.29, 0.717) is 24.7 Å². The van der Waals surface area contributed by atoms with E-state index >= 15 is 0 Å². The third kappa shape index (κ3) is 6.94. The van der Waals surface area contributed by atoms with Gasteiger partial charge in [-0.1, -0.05) is 19.9 Å². The number of piperidine rings is 1. The van der Waals surface area contributed by atoms with Crippen molar-refractivity contribution in [2.45, 2.75) is 71.6 Å². The zero-order chi connectivity index (χ0) is 15.9. The lowest BCUT2D eigenvalue weighted by molar-refractivity contribution is -0.0458. The lowest BCUT2D eigenvalue weighted by atomic mass is 9.95. The minimum absolute atomic E-state index is 0.0436. The highest BCUT2D eigenvalue weighted by molar-refractivity contribution is 4.82. The molecule has 1 saturated heterocycles. The van der Waals surface area contributed by atoms with E-state index in [0.717, 1.165) is 32.5 Å². The molecule has 0 aliphatic carbocycles. The van der Waals surface area contributed by atoms with Crippen LogP contribution in [-0.2, 0) is 9.47 Å². The highest BCUT2D eigenvalue weighted by Gasteiger charge is 2.28. The van der Waals surface area contributed by atoms with E-state index in [4.69, 9.17) is 9.47 Å². The molecule has 0 aromatic heterocycles. The third-order valence-corrected chi connectivity index (χ3v) is 4.25. The molecule has 1 aliphatic heterocycles. The van der Waals surface area contributed by atoms with Crippen LogP contribution in [-0.4, -0.2) is 49.0 Å². The fourth-order valence-corrected chi connectivity index (χ4v) is 3.09. The van der Waals surface area contributed by atoms with Gasteiger partial charge in [0.05, 0.1) is 24.9 Å². The predicted octanol–water partition coefficient (Wildman–Crippen LogP) is 3.88. The van der Waals surface area contributed by atoms with Crippen molar-refractivity contribution in [2.24, 2.45) is 5.92 Å². The van der Waals surface area contributed by atoms with Crippen molar-refractivity contribution in [3.05, 3.63) is 12.7 Å². The summed E-state index contributed by atoms with van der Waals surface area (Å²) in [6.45, 7) is 18.5. The van der Waals surface area contributed by atoms with Crippen LogP contribution in [0.5, 0.6) is 0 Å². The van der Waals surface area contributed by atoms with Crippen LogP contribution in [0.2, 0.25) is 0 Å². The second kappa shape index (κ2) is 8.92. The first-order valence-corrected chi connectivity index (χ1v) is 8.48. The molecule has 1 unspecified atom stereocenters. The Morgan fingerprint density at radius 1 is 1.29 bits per heavy atom. The molecule has 0 aromatic rings. The number of ether oxygens (including phenoxy) is 2. The highest BCUT2D eigenvalue weighted by atomic mass is 16.5. The van der Waals surface area contributed by atoms with Gasteiger partial charge >= 0.3 is 0 Å². The molecular formula is C18H35NO2. The molecule has 0 amide bonds. The summed E-state index contributed by atoms with van der Waals surface area (Å²) in [5.41, 5.74) is -0.0436.